The van der Waals surface area contributed by atoms with Gasteiger partial charge in [0.05, 0.1) is 12.2 Å². The lowest BCUT2D eigenvalue weighted by Gasteiger charge is -2.17. The highest BCUT2D eigenvalue weighted by molar-refractivity contribution is 5.70. The summed E-state index contributed by atoms with van der Waals surface area (Å²) in [5.41, 5.74) is 0. The molecule has 2 atom stereocenters. The van der Waals surface area contributed by atoms with E-state index in [4.69, 9.17) is 5.11 Å². The van der Waals surface area contributed by atoms with Crippen LogP contribution in [0.2, 0.25) is 0 Å². The van der Waals surface area contributed by atoms with Crippen LogP contribution < -0.4 is 5.32 Å². The molecule has 0 bridgehead atoms. The molecule has 84 valence electrons. The topological polar surface area (TPSA) is 67.2 Å². The van der Waals surface area contributed by atoms with Gasteiger partial charge in [0.25, 0.3) is 0 Å². The normalized spacial score (nSPS) is 14.8. The number of aliphatic carboxylic acids is 1. The van der Waals surface area contributed by atoms with E-state index in [-0.39, 0.29) is 12.0 Å². The van der Waals surface area contributed by atoms with Crippen LogP contribution in [0.1, 0.15) is 13.8 Å². The number of hydrogen-bond acceptors (Lipinski definition) is 3. The summed E-state index contributed by atoms with van der Waals surface area (Å²) in [6, 6.07) is -0.0222. The van der Waals surface area contributed by atoms with E-state index in [2.05, 4.69) is 10.3 Å². The summed E-state index contributed by atoms with van der Waals surface area (Å²) in [7, 11) is 0. The van der Waals surface area contributed by atoms with E-state index in [9.17, 15) is 4.79 Å². The van der Waals surface area contributed by atoms with Gasteiger partial charge in [-0.15, -0.1) is 0 Å². The second-order valence-electron chi connectivity index (χ2n) is 3.67. The molecule has 0 aliphatic carbocycles. The van der Waals surface area contributed by atoms with Gasteiger partial charge in [0.1, 0.15) is 0 Å². The third kappa shape index (κ3) is 3.71. The van der Waals surface area contributed by atoms with Crippen molar-refractivity contribution in [2.75, 3.05) is 6.54 Å². The molecule has 1 aromatic rings. The second-order valence-corrected chi connectivity index (χ2v) is 3.67. The van der Waals surface area contributed by atoms with E-state index in [1.165, 1.54) is 0 Å². The van der Waals surface area contributed by atoms with Crippen molar-refractivity contribution in [3.05, 3.63) is 18.7 Å². The van der Waals surface area contributed by atoms with Crippen LogP contribution in [-0.4, -0.2) is 33.2 Å². The summed E-state index contributed by atoms with van der Waals surface area (Å²) in [5.74, 6) is -1.13. The van der Waals surface area contributed by atoms with Gasteiger partial charge in [-0.3, -0.25) is 4.79 Å². The zero-order valence-electron chi connectivity index (χ0n) is 9.05. The van der Waals surface area contributed by atoms with E-state index in [1.54, 1.807) is 19.4 Å². The van der Waals surface area contributed by atoms with Crippen molar-refractivity contribution in [3.63, 3.8) is 0 Å². The highest BCUT2D eigenvalue weighted by Crippen LogP contribution is 2.01. The summed E-state index contributed by atoms with van der Waals surface area (Å²) in [6.45, 7) is 5.13. The number of aromatic nitrogens is 2. The highest BCUT2D eigenvalue weighted by Gasteiger charge is 2.18. The molecule has 0 aliphatic heterocycles. The lowest BCUT2D eigenvalue weighted by molar-refractivity contribution is -0.141. The van der Waals surface area contributed by atoms with Gasteiger partial charge in [0.15, 0.2) is 0 Å². The minimum absolute atomic E-state index is 0.0222. The van der Waals surface area contributed by atoms with E-state index >= 15 is 0 Å². The lowest BCUT2D eigenvalue weighted by Crippen LogP contribution is -2.37. The van der Waals surface area contributed by atoms with Gasteiger partial charge in [-0.2, -0.15) is 0 Å². The summed E-state index contributed by atoms with van der Waals surface area (Å²) in [4.78, 5) is 14.6. The first-order chi connectivity index (χ1) is 7.11. The van der Waals surface area contributed by atoms with Crippen LogP contribution in [0, 0.1) is 5.92 Å². The monoisotopic (exact) mass is 211 g/mol. The smallest absolute Gasteiger partial charge is 0.307 e. The minimum Gasteiger partial charge on any atom is -0.481 e. The molecular formula is C10H17N3O2. The van der Waals surface area contributed by atoms with Crippen LogP contribution in [0.3, 0.4) is 0 Å². The maximum Gasteiger partial charge on any atom is 0.307 e. The number of hydrogen-bond donors (Lipinski definition) is 2. The Kier molecular flexibility index (Phi) is 4.30. The Balaban J connectivity index is 2.22. The maximum absolute atomic E-state index is 10.7. The van der Waals surface area contributed by atoms with Crippen molar-refractivity contribution >= 4 is 5.97 Å². The molecular weight excluding hydrogens is 194 g/mol. The molecule has 0 spiro atoms. The first kappa shape index (κ1) is 11.7. The van der Waals surface area contributed by atoms with Gasteiger partial charge in [-0.1, -0.05) is 6.92 Å². The Bertz CT molecular complexity index is 298. The molecule has 1 heterocycles. The van der Waals surface area contributed by atoms with Crippen molar-refractivity contribution in [1.82, 2.24) is 14.9 Å². The van der Waals surface area contributed by atoms with Crippen molar-refractivity contribution in [2.45, 2.75) is 26.4 Å². The van der Waals surface area contributed by atoms with E-state index in [1.807, 2.05) is 17.7 Å². The Morgan fingerprint density at radius 3 is 2.87 bits per heavy atom. The molecule has 0 amide bonds. The van der Waals surface area contributed by atoms with Gasteiger partial charge in [-0.05, 0) is 6.92 Å². The van der Waals surface area contributed by atoms with Gasteiger partial charge in [-0.25, -0.2) is 4.98 Å². The molecule has 0 aliphatic rings. The Morgan fingerprint density at radius 1 is 1.60 bits per heavy atom. The Hall–Kier alpha value is -1.36. The molecule has 5 nitrogen and oxygen atoms in total. The SMILES string of the molecule is CC(NCCn1ccnc1)C(C)C(=O)O. The van der Waals surface area contributed by atoms with Gasteiger partial charge in [0.2, 0.25) is 0 Å². The number of nitrogens with zero attached hydrogens (tertiary/aromatic N) is 2. The first-order valence-electron chi connectivity index (χ1n) is 5.03. The number of carbonyl (C=O) groups is 1. The fourth-order valence-electron chi connectivity index (χ4n) is 1.23. The zero-order valence-corrected chi connectivity index (χ0v) is 9.05. The lowest BCUT2D eigenvalue weighted by atomic mass is 10.0. The van der Waals surface area contributed by atoms with Crippen LogP contribution in [-0.2, 0) is 11.3 Å². The summed E-state index contributed by atoms with van der Waals surface area (Å²) >= 11 is 0. The summed E-state index contributed by atoms with van der Waals surface area (Å²) < 4.78 is 1.95. The summed E-state index contributed by atoms with van der Waals surface area (Å²) in [6.07, 6.45) is 5.35. The average molecular weight is 211 g/mol. The predicted octanol–water partition coefficient (Wildman–Crippen LogP) is 0.582. The van der Waals surface area contributed by atoms with Crippen molar-refractivity contribution in [2.24, 2.45) is 5.92 Å². The van der Waals surface area contributed by atoms with Gasteiger partial charge in [0, 0.05) is 31.5 Å². The number of carboxylic acid groups (broad SMARTS) is 1. The molecule has 0 aromatic carbocycles. The summed E-state index contributed by atoms with van der Waals surface area (Å²) in [5, 5.41) is 12.0. The minimum atomic E-state index is -0.766. The van der Waals surface area contributed by atoms with Crippen LogP contribution in [0.5, 0.6) is 0 Å². The standard InChI is InChI=1S/C10H17N3O2/c1-8(10(14)15)9(2)12-4-6-13-5-3-11-7-13/h3,5,7-9,12H,4,6H2,1-2H3,(H,14,15). The fraction of sp³-hybridized carbons (Fsp3) is 0.600. The van der Waals surface area contributed by atoms with Crippen LogP contribution >= 0.6 is 0 Å². The predicted molar refractivity (Wildman–Crippen MR) is 56.5 cm³/mol. The zero-order chi connectivity index (χ0) is 11.3. The van der Waals surface area contributed by atoms with Crippen LogP contribution in [0.4, 0.5) is 0 Å². The van der Waals surface area contributed by atoms with E-state index in [0.29, 0.717) is 0 Å². The van der Waals surface area contributed by atoms with E-state index in [0.717, 1.165) is 13.1 Å². The molecule has 15 heavy (non-hydrogen) atoms. The molecule has 1 rings (SSSR count). The third-order valence-electron chi connectivity index (χ3n) is 2.54. The molecule has 2 unspecified atom stereocenters. The Morgan fingerprint density at radius 2 is 2.33 bits per heavy atom. The van der Waals surface area contributed by atoms with Crippen molar-refractivity contribution < 1.29 is 9.90 Å². The fourth-order valence-corrected chi connectivity index (χ4v) is 1.23. The molecule has 2 N–H and O–H groups in total. The molecule has 5 heteroatoms. The molecule has 0 saturated carbocycles. The highest BCUT2D eigenvalue weighted by atomic mass is 16.4. The average Bonchev–Trinajstić information content (AvgIpc) is 2.69. The van der Waals surface area contributed by atoms with E-state index < -0.39 is 5.97 Å². The first-order valence-corrected chi connectivity index (χ1v) is 5.03. The third-order valence-corrected chi connectivity index (χ3v) is 2.54. The maximum atomic E-state index is 10.7. The number of nitrogens with one attached hydrogen (secondary N) is 1. The molecule has 1 aromatic heterocycles. The quantitative estimate of drug-likeness (QED) is 0.722. The number of imidazole rings is 1. The van der Waals surface area contributed by atoms with Crippen LogP contribution in [0.15, 0.2) is 18.7 Å². The molecule has 0 fully saturated rings. The Labute approximate surface area is 89.1 Å². The number of carboxylic acids is 1. The molecule has 0 radical (unpaired) electrons. The molecule has 0 saturated heterocycles. The number of rotatable bonds is 6. The van der Waals surface area contributed by atoms with Crippen LogP contribution in [0.25, 0.3) is 0 Å². The largest absolute Gasteiger partial charge is 0.481 e. The van der Waals surface area contributed by atoms with Gasteiger partial charge < -0.3 is 15.0 Å². The van der Waals surface area contributed by atoms with Gasteiger partial charge >= 0.3 is 5.97 Å². The van der Waals surface area contributed by atoms with Crippen molar-refractivity contribution in [1.29, 1.82) is 0 Å². The second kappa shape index (κ2) is 5.50. The van der Waals surface area contributed by atoms with Crippen molar-refractivity contribution in [3.8, 4) is 0 Å².